The number of ether oxygens (including phenoxy) is 2. The summed E-state index contributed by atoms with van der Waals surface area (Å²) >= 11 is 0. The molecule has 3 unspecified atom stereocenters. The highest BCUT2D eigenvalue weighted by molar-refractivity contribution is 5.91. The molecule has 0 bridgehead atoms. The maximum Gasteiger partial charge on any atom is 0.310 e. The highest BCUT2D eigenvalue weighted by atomic mass is 16.5. The molecule has 2 rings (SSSR count). The quantitative estimate of drug-likeness (QED) is 0.714. The molecule has 0 aromatic heterocycles. The summed E-state index contributed by atoms with van der Waals surface area (Å²) in [6.07, 6.45) is 0.907. The molecule has 0 spiro atoms. The zero-order valence-electron chi connectivity index (χ0n) is 12.6. The van der Waals surface area contributed by atoms with Crippen molar-refractivity contribution < 1.29 is 19.1 Å². The van der Waals surface area contributed by atoms with Crippen molar-refractivity contribution in [3.8, 4) is 0 Å². The van der Waals surface area contributed by atoms with Gasteiger partial charge < -0.3 is 14.4 Å². The SMILES string of the molecule is CCOC(=O)C1C(CC(C)C)C1C(=O)N1CCOCC1. The van der Waals surface area contributed by atoms with E-state index in [1.165, 1.54) is 0 Å². The van der Waals surface area contributed by atoms with E-state index in [0.29, 0.717) is 38.8 Å². The molecule has 20 heavy (non-hydrogen) atoms. The van der Waals surface area contributed by atoms with Crippen molar-refractivity contribution in [1.82, 2.24) is 4.90 Å². The molecule has 0 N–H and O–H groups in total. The first-order chi connectivity index (χ1) is 9.56. The first-order valence-corrected chi connectivity index (χ1v) is 7.59. The van der Waals surface area contributed by atoms with E-state index >= 15 is 0 Å². The molecule has 5 heteroatoms. The summed E-state index contributed by atoms with van der Waals surface area (Å²) in [5.41, 5.74) is 0. The summed E-state index contributed by atoms with van der Waals surface area (Å²) in [6, 6.07) is 0. The van der Waals surface area contributed by atoms with Crippen molar-refractivity contribution in [3.63, 3.8) is 0 Å². The van der Waals surface area contributed by atoms with E-state index in [-0.39, 0.29) is 29.6 Å². The van der Waals surface area contributed by atoms with Crippen LogP contribution in [-0.2, 0) is 19.1 Å². The number of amides is 1. The fourth-order valence-electron chi connectivity index (χ4n) is 3.10. The molecule has 114 valence electrons. The zero-order valence-corrected chi connectivity index (χ0v) is 12.6. The molecular weight excluding hydrogens is 258 g/mol. The van der Waals surface area contributed by atoms with Gasteiger partial charge in [-0.25, -0.2) is 0 Å². The normalized spacial score (nSPS) is 29.4. The predicted octanol–water partition coefficient (Wildman–Crippen LogP) is 1.32. The van der Waals surface area contributed by atoms with E-state index in [4.69, 9.17) is 9.47 Å². The number of hydrogen-bond acceptors (Lipinski definition) is 4. The van der Waals surface area contributed by atoms with Crippen molar-refractivity contribution in [1.29, 1.82) is 0 Å². The highest BCUT2D eigenvalue weighted by Crippen LogP contribution is 2.51. The molecule has 3 atom stereocenters. The molecule has 0 aromatic rings. The van der Waals surface area contributed by atoms with Gasteiger partial charge >= 0.3 is 5.97 Å². The largest absolute Gasteiger partial charge is 0.466 e. The third-order valence-corrected chi connectivity index (χ3v) is 4.08. The van der Waals surface area contributed by atoms with Gasteiger partial charge in [0.15, 0.2) is 0 Å². The van der Waals surface area contributed by atoms with Gasteiger partial charge in [0.25, 0.3) is 0 Å². The second-order valence-electron chi connectivity index (χ2n) is 6.03. The highest BCUT2D eigenvalue weighted by Gasteiger charge is 2.60. The van der Waals surface area contributed by atoms with Crippen LogP contribution < -0.4 is 0 Å². The number of carbonyl (C=O) groups is 2. The Hall–Kier alpha value is -1.10. The average molecular weight is 283 g/mol. The second-order valence-corrected chi connectivity index (χ2v) is 6.03. The van der Waals surface area contributed by atoms with Crippen molar-refractivity contribution in [3.05, 3.63) is 0 Å². The van der Waals surface area contributed by atoms with Crippen molar-refractivity contribution in [2.75, 3.05) is 32.9 Å². The Morgan fingerprint density at radius 1 is 1.25 bits per heavy atom. The first-order valence-electron chi connectivity index (χ1n) is 7.59. The minimum atomic E-state index is -0.229. The Morgan fingerprint density at radius 3 is 2.45 bits per heavy atom. The van der Waals surface area contributed by atoms with Gasteiger partial charge in [-0.3, -0.25) is 9.59 Å². The van der Waals surface area contributed by atoms with Crippen molar-refractivity contribution >= 4 is 11.9 Å². The molecule has 1 aliphatic heterocycles. The molecular formula is C15H25NO4. The van der Waals surface area contributed by atoms with Crippen molar-refractivity contribution in [2.45, 2.75) is 27.2 Å². The van der Waals surface area contributed by atoms with Crippen LogP contribution in [0.25, 0.3) is 0 Å². The average Bonchev–Trinajstić information content (AvgIpc) is 3.12. The van der Waals surface area contributed by atoms with Gasteiger partial charge in [-0.05, 0) is 25.2 Å². The summed E-state index contributed by atoms with van der Waals surface area (Å²) in [4.78, 5) is 26.3. The van der Waals surface area contributed by atoms with Crippen LogP contribution in [0, 0.1) is 23.7 Å². The maximum absolute atomic E-state index is 12.5. The lowest BCUT2D eigenvalue weighted by atomic mass is 10.0. The van der Waals surface area contributed by atoms with Crippen LogP contribution in [0.2, 0.25) is 0 Å². The van der Waals surface area contributed by atoms with E-state index in [9.17, 15) is 9.59 Å². The van der Waals surface area contributed by atoms with E-state index in [1.807, 2.05) is 4.90 Å². The molecule has 2 aliphatic rings. The maximum atomic E-state index is 12.5. The van der Waals surface area contributed by atoms with Gasteiger partial charge in [0.1, 0.15) is 0 Å². The Kier molecular flexibility index (Phi) is 5.02. The lowest BCUT2D eigenvalue weighted by Crippen LogP contribution is -2.42. The van der Waals surface area contributed by atoms with Gasteiger partial charge in [0.05, 0.1) is 31.7 Å². The third kappa shape index (κ3) is 3.32. The molecule has 0 radical (unpaired) electrons. The van der Waals surface area contributed by atoms with E-state index in [2.05, 4.69) is 13.8 Å². The Morgan fingerprint density at radius 2 is 1.90 bits per heavy atom. The minimum absolute atomic E-state index is 0.108. The Balaban J connectivity index is 1.99. The monoisotopic (exact) mass is 283 g/mol. The zero-order chi connectivity index (χ0) is 14.7. The van der Waals surface area contributed by atoms with Crippen LogP contribution in [0.5, 0.6) is 0 Å². The predicted molar refractivity (Wildman–Crippen MR) is 74.0 cm³/mol. The second kappa shape index (κ2) is 6.57. The fourth-order valence-corrected chi connectivity index (χ4v) is 3.10. The summed E-state index contributed by atoms with van der Waals surface area (Å²) in [5, 5.41) is 0. The van der Waals surface area contributed by atoms with E-state index < -0.39 is 0 Å². The first kappa shape index (κ1) is 15.3. The van der Waals surface area contributed by atoms with Crippen molar-refractivity contribution in [2.24, 2.45) is 23.7 Å². The molecule has 1 aliphatic carbocycles. The molecule has 1 heterocycles. The number of esters is 1. The van der Waals surface area contributed by atoms with Gasteiger partial charge in [0, 0.05) is 13.1 Å². The smallest absolute Gasteiger partial charge is 0.310 e. The van der Waals surface area contributed by atoms with E-state index in [1.54, 1.807) is 6.92 Å². The van der Waals surface area contributed by atoms with Gasteiger partial charge in [-0.1, -0.05) is 13.8 Å². The van der Waals surface area contributed by atoms with Gasteiger partial charge in [-0.15, -0.1) is 0 Å². The standard InChI is InChI=1S/C15H25NO4/c1-4-20-15(18)13-11(9-10(2)3)12(13)14(17)16-5-7-19-8-6-16/h10-13H,4-9H2,1-3H3. The van der Waals surface area contributed by atoms with Crippen LogP contribution in [0.4, 0.5) is 0 Å². The lowest BCUT2D eigenvalue weighted by Gasteiger charge is -2.27. The topological polar surface area (TPSA) is 55.8 Å². The number of nitrogens with zero attached hydrogens (tertiary/aromatic N) is 1. The number of rotatable bonds is 5. The van der Waals surface area contributed by atoms with Crippen LogP contribution in [0.3, 0.4) is 0 Å². The number of hydrogen-bond donors (Lipinski definition) is 0. The summed E-state index contributed by atoms with van der Waals surface area (Å²) < 4.78 is 10.4. The molecule has 2 fully saturated rings. The van der Waals surface area contributed by atoms with Crippen LogP contribution in [-0.4, -0.2) is 49.7 Å². The fraction of sp³-hybridized carbons (Fsp3) is 0.867. The molecule has 1 saturated carbocycles. The lowest BCUT2D eigenvalue weighted by molar-refractivity contribution is -0.147. The molecule has 1 amide bonds. The van der Waals surface area contributed by atoms with Crippen LogP contribution in [0.1, 0.15) is 27.2 Å². The Labute approximate surface area is 120 Å². The molecule has 0 aromatic carbocycles. The van der Waals surface area contributed by atoms with E-state index in [0.717, 1.165) is 6.42 Å². The summed E-state index contributed by atoms with van der Waals surface area (Å²) in [5.74, 6) is 0.146. The van der Waals surface area contributed by atoms with Gasteiger partial charge in [0.2, 0.25) is 5.91 Å². The molecule has 1 saturated heterocycles. The third-order valence-electron chi connectivity index (χ3n) is 4.08. The van der Waals surface area contributed by atoms with Crippen LogP contribution >= 0.6 is 0 Å². The summed E-state index contributed by atoms with van der Waals surface area (Å²) in [7, 11) is 0. The minimum Gasteiger partial charge on any atom is -0.466 e. The number of morpholine rings is 1. The Bertz CT molecular complexity index is 363. The number of carbonyl (C=O) groups excluding carboxylic acids is 2. The summed E-state index contributed by atoms with van der Waals surface area (Å²) in [6.45, 7) is 8.89. The van der Waals surface area contributed by atoms with Crippen LogP contribution in [0.15, 0.2) is 0 Å². The molecule has 5 nitrogen and oxygen atoms in total. The van der Waals surface area contributed by atoms with Gasteiger partial charge in [-0.2, -0.15) is 0 Å².